The van der Waals surface area contributed by atoms with E-state index < -0.39 is 11.1 Å². The zero-order valence-corrected chi connectivity index (χ0v) is 5.07. The smallest absolute Gasteiger partial charge is 0.445 e. The number of rotatable bonds is 3. The van der Waals surface area contributed by atoms with E-state index in [4.69, 9.17) is 5.73 Å². The first-order chi connectivity index (χ1) is 4.66. The summed E-state index contributed by atoms with van der Waals surface area (Å²) in [5, 5.41) is 8.53. The molecule has 58 valence electrons. The molecule has 0 atom stereocenters. The van der Waals surface area contributed by atoms with Gasteiger partial charge in [-0.15, -0.1) is 0 Å². The molecule has 0 aliphatic heterocycles. The van der Waals surface area contributed by atoms with E-state index in [-0.39, 0.29) is 13.2 Å². The number of nitrogens with two attached hydrogens (primary N) is 1. The second kappa shape index (κ2) is 4.50. The summed E-state index contributed by atoms with van der Waals surface area (Å²) in [4.78, 5) is 19.7. The molecule has 1 amide bonds. The number of carbonyl (C=O) groups is 1. The Hall–Kier alpha value is -1.37. The van der Waals surface area contributed by atoms with Gasteiger partial charge in [0.2, 0.25) is 0 Å². The van der Waals surface area contributed by atoms with Crippen LogP contribution in [0, 0.1) is 10.1 Å². The first-order valence-electron chi connectivity index (χ1n) is 2.44. The highest BCUT2D eigenvalue weighted by atomic mass is 16.7. The van der Waals surface area contributed by atoms with Crippen LogP contribution in [0.4, 0.5) is 4.79 Å². The summed E-state index contributed by atoms with van der Waals surface area (Å²) in [6.45, 7) is 0.116. The second-order valence-corrected chi connectivity index (χ2v) is 1.29. The van der Waals surface area contributed by atoms with Gasteiger partial charge in [-0.1, -0.05) is 0 Å². The Morgan fingerprint density at radius 2 is 2.40 bits per heavy atom. The van der Waals surface area contributed by atoms with Crippen molar-refractivity contribution in [1.29, 1.82) is 0 Å². The molecular formula is C3H7N3O4. The first-order valence-corrected chi connectivity index (χ1v) is 2.44. The fourth-order valence-corrected chi connectivity index (χ4v) is 0.258. The van der Waals surface area contributed by atoms with Crippen molar-refractivity contribution in [3.63, 3.8) is 0 Å². The Kier molecular flexibility index (Phi) is 3.89. The highest BCUT2D eigenvalue weighted by molar-refractivity contribution is 5.65. The van der Waals surface area contributed by atoms with Crippen molar-refractivity contribution in [2.75, 3.05) is 13.2 Å². The maximum atomic E-state index is 10.2. The Morgan fingerprint density at radius 1 is 1.80 bits per heavy atom. The van der Waals surface area contributed by atoms with Crippen LogP contribution in [0.5, 0.6) is 0 Å². The molecule has 0 unspecified atom stereocenters. The summed E-state index contributed by atoms with van der Waals surface area (Å²) in [7, 11) is 0. The summed E-state index contributed by atoms with van der Waals surface area (Å²) < 4.78 is 4.19. The van der Waals surface area contributed by atoms with E-state index in [9.17, 15) is 14.9 Å². The molecule has 0 aliphatic rings. The van der Waals surface area contributed by atoms with Gasteiger partial charge in [-0.2, -0.15) is 0 Å². The van der Waals surface area contributed by atoms with Crippen LogP contribution in [-0.4, -0.2) is 24.3 Å². The summed E-state index contributed by atoms with van der Waals surface area (Å²) >= 11 is 0. The summed E-state index contributed by atoms with van der Waals surface area (Å²) in [5.41, 5.74) is 6.22. The summed E-state index contributed by atoms with van der Waals surface area (Å²) in [5.74, 6) is 0. The van der Waals surface area contributed by atoms with Gasteiger partial charge in [0.1, 0.15) is 6.61 Å². The SMILES string of the molecule is NCCOC(=O)N[N+](=O)[O-]. The molecule has 3 N–H and O–H groups in total. The van der Waals surface area contributed by atoms with Crippen LogP contribution in [0.2, 0.25) is 0 Å². The van der Waals surface area contributed by atoms with Gasteiger partial charge in [-0.3, -0.25) is 0 Å². The van der Waals surface area contributed by atoms with Crippen LogP contribution in [0.1, 0.15) is 0 Å². The maximum Gasteiger partial charge on any atom is 0.465 e. The van der Waals surface area contributed by atoms with Crippen molar-refractivity contribution in [3.05, 3.63) is 10.1 Å². The van der Waals surface area contributed by atoms with Gasteiger partial charge < -0.3 is 10.5 Å². The molecule has 0 radical (unpaired) electrons. The predicted octanol–water partition coefficient (Wildman–Crippen LogP) is -1.14. The van der Waals surface area contributed by atoms with Gasteiger partial charge in [-0.25, -0.2) is 14.9 Å². The van der Waals surface area contributed by atoms with Crippen molar-refractivity contribution in [3.8, 4) is 0 Å². The Morgan fingerprint density at radius 3 is 2.80 bits per heavy atom. The monoisotopic (exact) mass is 149 g/mol. The normalized spacial score (nSPS) is 8.50. The van der Waals surface area contributed by atoms with E-state index in [1.54, 1.807) is 0 Å². The maximum absolute atomic E-state index is 10.2. The molecule has 0 saturated heterocycles. The lowest BCUT2D eigenvalue weighted by Crippen LogP contribution is -2.31. The molecule has 10 heavy (non-hydrogen) atoms. The van der Waals surface area contributed by atoms with E-state index in [0.29, 0.717) is 0 Å². The minimum absolute atomic E-state index is 0.0281. The van der Waals surface area contributed by atoms with Crippen molar-refractivity contribution < 1.29 is 14.6 Å². The molecule has 0 fully saturated rings. The third-order valence-electron chi connectivity index (χ3n) is 0.534. The molecule has 0 aromatic rings. The average Bonchev–Trinajstić information content (AvgIpc) is 1.82. The molecule has 7 heteroatoms. The third kappa shape index (κ3) is 4.78. The minimum atomic E-state index is -1.10. The van der Waals surface area contributed by atoms with Crippen molar-refractivity contribution in [1.82, 2.24) is 5.43 Å². The fraction of sp³-hybridized carbons (Fsp3) is 0.667. The number of ether oxygens (including phenoxy) is 1. The van der Waals surface area contributed by atoms with Crippen molar-refractivity contribution >= 4 is 6.09 Å². The molecule has 0 heterocycles. The number of nitro groups is 1. The van der Waals surface area contributed by atoms with Gasteiger partial charge in [0, 0.05) is 6.54 Å². The van der Waals surface area contributed by atoms with Gasteiger partial charge in [0.25, 0.3) is 0 Å². The second-order valence-electron chi connectivity index (χ2n) is 1.29. The van der Waals surface area contributed by atoms with Crippen LogP contribution in [0.15, 0.2) is 0 Å². The van der Waals surface area contributed by atoms with Gasteiger partial charge in [0.05, 0.1) is 0 Å². The zero-order chi connectivity index (χ0) is 7.98. The Balaban J connectivity index is 3.35. The number of hydrazine groups is 1. The van der Waals surface area contributed by atoms with E-state index >= 15 is 0 Å². The largest absolute Gasteiger partial charge is 0.465 e. The Bertz CT molecular complexity index is 136. The predicted molar refractivity (Wildman–Crippen MR) is 30.5 cm³/mol. The highest BCUT2D eigenvalue weighted by Crippen LogP contribution is 1.73. The van der Waals surface area contributed by atoms with Crippen LogP contribution < -0.4 is 11.2 Å². The van der Waals surface area contributed by atoms with Crippen molar-refractivity contribution in [2.24, 2.45) is 5.73 Å². The lowest BCUT2D eigenvalue weighted by Gasteiger charge is -1.97. The average molecular weight is 149 g/mol. The molecule has 0 aromatic heterocycles. The summed E-state index contributed by atoms with van der Waals surface area (Å²) in [6, 6.07) is 0. The Labute approximate surface area is 56.3 Å². The molecular weight excluding hydrogens is 142 g/mol. The summed E-state index contributed by atoms with van der Waals surface area (Å²) in [6.07, 6.45) is -1.10. The van der Waals surface area contributed by atoms with Crippen molar-refractivity contribution in [2.45, 2.75) is 0 Å². The molecule has 0 aromatic carbocycles. The fourth-order valence-electron chi connectivity index (χ4n) is 0.258. The number of nitrogens with one attached hydrogen (secondary N) is 1. The quantitative estimate of drug-likeness (QED) is 0.389. The van der Waals surface area contributed by atoms with Crippen LogP contribution in [-0.2, 0) is 4.74 Å². The van der Waals surface area contributed by atoms with Gasteiger partial charge >= 0.3 is 6.09 Å². The molecule has 0 bridgehead atoms. The molecule has 0 spiro atoms. The number of hydrogen-bond acceptors (Lipinski definition) is 5. The number of hydrogen-bond donors (Lipinski definition) is 2. The lowest BCUT2D eigenvalue weighted by atomic mass is 10.7. The number of nitrogens with zero attached hydrogens (tertiary/aromatic N) is 1. The minimum Gasteiger partial charge on any atom is -0.445 e. The zero-order valence-electron chi connectivity index (χ0n) is 5.07. The van der Waals surface area contributed by atoms with Crippen LogP contribution in [0.3, 0.4) is 0 Å². The first kappa shape index (κ1) is 8.63. The van der Waals surface area contributed by atoms with E-state index in [1.807, 2.05) is 0 Å². The molecule has 0 rings (SSSR count). The van der Waals surface area contributed by atoms with E-state index in [0.717, 1.165) is 0 Å². The molecule has 7 nitrogen and oxygen atoms in total. The van der Waals surface area contributed by atoms with Gasteiger partial charge in [-0.05, 0) is 5.43 Å². The molecule has 0 saturated carbocycles. The topological polar surface area (TPSA) is 107 Å². The van der Waals surface area contributed by atoms with Crippen LogP contribution >= 0.6 is 0 Å². The van der Waals surface area contributed by atoms with E-state index in [1.165, 1.54) is 5.43 Å². The highest BCUT2D eigenvalue weighted by Gasteiger charge is 2.05. The number of amides is 1. The standard InChI is InChI=1S/C3H7N3O4/c4-1-2-10-3(7)5-6(8)9/h1-2,4H2,(H,5,7). The van der Waals surface area contributed by atoms with Crippen LogP contribution in [0.25, 0.3) is 0 Å². The lowest BCUT2D eigenvalue weighted by molar-refractivity contribution is -0.530. The molecule has 0 aliphatic carbocycles. The number of carbonyl (C=O) groups excluding carboxylic acids is 1. The third-order valence-corrected chi connectivity index (χ3v) is 0.534. The van der Waals surface area contributed by atoms with E-state index in [2.05, 4.69) is 4.74 Å². The van der Waals surface area contributed by atoms with Gasteiger partial charge in [0.15, 0.2) is 5.03 Å².